The number of hydrogen-bond donors (Lipinski definition) is 2. The average molecular weight is 441 g/mol. The van der Waals surface area contributed by atoms with Gasteiger partial charge < -0.3 is 15.8 Å². The zero-order valence-corrected chi connectivity index (χ0v) is 18.4. The first kappa shape index (κ1) is 21.0. The number of amides is 1. The topological polar surface area (TPSA) is 124 Å². The third kappa shape index (κ3) is 4.18. The first-order chi connectivity index (χ1) is 14.7. The SMILES string of the molecule is COc1ccc(S(C)(=O)=O)cc1-c1ccc2c(N[C@H](C)C3CC3)c(C(N)=O)nnc2c1. The fourth-order valence-corrected chi connectivity index (χ4v) is 4.33. The fourth-order valence-electron chi connectivity index (χ4n) is 3.68. The molecule has 1 heterocycles. The summed E-state index contributed by atoms with van der Waals surface area (Å²) in [7, 11) is -1.86. The highest BCUT2D eigenvalue weighted by atomic mass is 32.2. The molecule has 0 bridgehead atoms. The molecule has 1 fully saturated rings. The van der Waals surface area contributed by atoms with Crippen LogP contribution >= 0.6 is 0 Å². The summed E-state index contributed by atoms with van der Waals surface area (Å²) in [4.78, 5) is 12.1. The number of nitrogens with two attached hydrogens (primary N) is 1. The lowest BCUT2D eigenvalue weighted by molar-refractivity contribution is 0.0995. The van der Waals surface area contributed by atoms with Gasteiger partial charge in [-0.05, 0) is 61.6 Å². The molecule has 0 spiro atoms. The molecule has 0 aliphatic heterocycles. The first-order valence-corrected chi connectivity index (χ1v) is 11.8. The van der Waals surface area contributed by atoms with Crippen molar-refractivity contribution in [2.24, 2.45) is 11.7 Å². The quantitative estimate of drug-likeness (QED) is 0.578. The number of fused-ring (bicyclic) bond motifs is 1. The number of rotatable bonds is 7. The molecule has 9 heteroatoms. The number of carbonyl (C=O) groups is 1. The lowest BCUT2D eigenvalue weighted by Crippen LogP contribution is -2.23. The molecule has 1 atom stereocenters. The summed E-state index contributed by atoms with van der Waals surface area (Å²) in [6.07, 6.45) is 3.46. The molecule has 1 amide bonds. The van der Waals surface area contributed by atoms with Crippen LogP contribution in [0.2, 0.25) is 0 Å². The maximum atomic E-state index is 12.0. The van der Waals surface area contributed by atoms with Crippen LogP contribution in [0.1, 0.15) is 30.3 Å². The Morgan fingerprint density at radius 2 is 1.94 bits per heavy atom. The van der Waals surface area contributed by atoms with Crippen LogP contribution in [-0.2, 0) is 9.84 Å². The number of ether oxygens (including phenoxy) is 1. The van der Waals surface area contributed by atoms with E-state index < -0.39 is 15.7 Å². The predicted molar refractivity (Wildman–Crippen MR) is 119 cm³/mol. The second-order valence-electron chi connectivity index (χ2n) is 7.92. The van der Waals surface area contributed by atoms with Crippen LogP contribution in [0.15, 0.2) is 41.3 Å². The second kappa shape index (κ2) is 7.81. The minimum absolute atomic E-state index is 0.101. The Morgan fingerprint density at radius 1 is 1.19 bits per heavy atom. The normalized spacial score (nSPS) is 14.9. The highest BCUT2D eigenvalue weighted by Gasteiger charge is 2.29. The van der Waals surface area contributed by atoms with Crippen molar-refractivity contribution >= 4 is 32.3 Å². The van der Waals surface area contributed by atoms with Gasteiger partial charge in [-0.1, -0.05) is 6.07 Å². The van der Waals surface area contributed by atoms with Crippen molar-refractivity contribution in [3.05, 3.63) is 42.1 Å². The number of benzene rings is 2. The Bertz CT molecular complexity index is 1290. The predicted octanol–water partition coefficient (Wildman–Crippen LogP) is 3.02. The summed E-state index contributed by atoms with van der Waals surface area (Å²) in [6, 6.07) is 10.4. The third-order valence-corrected chi connectivity index (χ3v) is 6.72. The zero-order valence-electron chi connectivity index (χ0n) is 17.5. The summed E-state index contributed by atoms with van der Waals surface area (Å²) in [5, 5.41) is 12.4. The van der Waals surface area contributed by atoms with Crippen molar-refractivity contribution in [3.8, 4) is 16.9 Å². The van der Waals surface area contributed by atoms with Gasteiger partial charge in [0.1, 0.15) is 5.75 Å². The van der Waals surface area contributed by atoms with E-state index in [0.29, 0.717) is 28.4 Å². The van der Waals surface area contributed by atoms with Gasteiger partial charge in [-0.25, -0.2) is 8.42 Å². The van der Waals surface area contributed by atoms with Gasteiger partial charge in [-0.3, -0.25) is 4.79 Å². The average Bonchev–Trinajstić information content (AvgIpc) is 3.57. The van der Waals surface area contributed by atoms with Crippen molar-refractivity contribution in [3.63, 3.8) is 0 Å². The van der Waals surface area contributed by atoms with Crippen LogP contribution in [0.4, 0.5) is 5.69 Å². The van der Waals surface area contributed by atoms with E-state index in [1.165, 1.54) is 13.2 Å². The fraction of sp³-hybridized carbons (Fsp3) is 0.318. The lowest BCUT2D eigenvalue weighted by Gasteiger charge is -2.18. The number of nitrogens with one attached hydrogen (secondary N) is 1. The van der Waals surface area contributed by atoms with Gasteiger partial charge in [-0.15, -0.1) is 10.2 Å². The summed E-state index contributed by atoms with van der Waals surface area (Å²) in [5.41, 5.74) is 8.10. The molecular formula is C22H24N4O4S. The summed E-state index contributed by atoms with van der Waals surface area (Å²) < 4.78 is 29.5. The van der Waals surface area contributed by atoms with E-state index in [-0.39, 0.29) is 16.6 Å². The number of sulfone groups is 1. The van der Waals surface area contributed by atoms with E-state index in [4.69, 9.17) is 10.5 Å². The van der Waals surface area contributed by atoms with Gasteiger partial charge in [0, 0.05) is 23.2 Å². The second-order valence-corrected chi connectivity index (χ2v) is 9.94. The zero-order chi connectivity index (χ0) is 22.3. The van der Waals surface area contributed by atoms with E-state index in [9.17, 15) is 13.2 Å². The number of carbonyl (C=O) groups excluding carboxylic acids is 1. The number of anilines is 1. The molecule has 2 aromatic carbocycles. The van der Waals surface area contributed by atoms with E-state index in [1.54, 1.807) is 18.2 Å². The first-order valence-electron chi connectivity index (χ1n) is 9.94. The largest absolute Gasteiger partial charge is 0.496 e. The maximum absolute atomic E-state index is 12.0. The molecule has 3 aromatic rings. The van der Waals surface area contributed by atoms with Crippen molar-refractivity contribution in [2.75, 3.05) is 18.7 Å². The minimum Gasteiger partial charge on any atom is -0.496 e. The molecule has 8 nitrogen and oxygen atoms in total. The van der Waals surface area contributed by atoms with E-state index in [2.05, 4.69) is 22.4 Å². The van der Waals surface area contributed by atoms with Gasteiger partial charge >= 0.3 is 0 Å². The van der Waals surface area contributed by atoms with Gasteiger partial charge in [-0.2, -0.15) is 0 Å². The molecule has 0 radical (unpaired) electrons. The molecule has 1 saturated carbocycles. The standard InChI is InChI=1S/C22H24N4O4S/c1-12(13-4-5-13)24-20-16-8-6-14(10-18(16)25-26-21(20)22(23)27)17-11-15(31(3,28)29)7-9-19(17)30-2/h6-13H,4-5H2,1-3H3,(H2,23,27)(H,24,25)/t12-/m1/s1. The van der Waals surface area contributed by atoms with Crippen LogP contribution < -0.4 is 15.8 Å². The highest BCUT2D eigenvalue weighted by molar-refractivity contribution is 7.90. The van der Waals surface area contributed by atoms with Gasteiger partial charge in [0.25, 0.3) is 5.91 Å². The van der Waals surface area contributed by atoms with Crippen LogP contribution in [0.25, 0.3) is 22.0 Å². The van der Waals surface area contributed by atoms with Gasteiger partial charge in [0.2, 0.25) is 0 Å². The van der Waals surface area contributed by atoms with Crippen LogP contribution in [-0.4, -0.2) is 43.9 Å². The number of aromatic nitrogens is 2. The summed E-state index contributed by atoms with van der Waals surface area (Å²) in [6.45, 7) is 2.07. The molecule has 0 saturated heterocycles. The van der Waals surface area contributed by atoms with Crippen LogP contribution in [0, 0.1) is 5.92 Å². The van der Waals surface area contributed by atoms with Crippen molar-refractivity contribution < 1.29 is 17.9 Å². The number of hydrogen-bond acceptors (Lipinski definition) is 7. The van der Waals surface area contributed by atoms with E-state index >= 15 is 0 Å². The molecule has 3 N–H and O–H groups in total. The smallest absolute Gasteiger partial charge is 0.271 e. The lowest BCUT2D eigenvalue weighted by atomic mass is 10.0. The Hall–Kier alpha value is -3.20. The molecule has 1 aliphatic rings. The molecule has 1 aromatic heterocycles. The molecular weight excluding hydrogens is 416 g/mol. The van der Waals surface area contributed by atoms with Crippen molar-refractivity contribution in [1.29, 1.82) is 0 Å². The Labute approximate surface area is 180 Å². The van der Waals surface area contributed by atoms with E-state index in [1.807, 2.05) is 12.1 Å². The van der Waals surface area contributed by atoms with Crippen molar-refractivity contribution in [1.82, 2.24) is 10.2 Å². The maximum Gasteiger partial charge on any atom is 0.271 e. The molecule has 0 unspecified atom stereocenters. The Kier molecular flexibility index (Phi) is 5.30. The molecule has 31 heavy (non-hydrogen) atoms. The molecule has 4 rings (SSSR count). The minimum atomic E-state index is -3.38. The number of methoxy groups -OCH3 is 1. The molecule has 162 valence electrons. The van der Waals surface area contributed by atoms with Gasteiger partial charge in [0.05, 0.1) is 23.2 Å². The van der Waals surface area contributed by atoms with E-state index in [0.717, 1.165) is 30.0 Å². The Balaban J connectivity index is 1.86. The molecule has 1 aliphatic carbocycles. The van der Waals surface area contributed by atoms with Gasteiger partial charge in [0.15, 0.2) is 15.5 Å². The third-order valence-electron chi connectivity index (χ3n) is 5.61. The number of nitrogens with zero attached hydrogens (tertiary/aromatic N) is 2. The highest BCUT2D eigenvalue weighted by Crippen LogP contribution is 2.37. The van der Waals surface area contributed by atoms with Crippen LogP contribution in [0.5, 0.6) is 5.75 Å². The van der Waals surface area contributed by atoms with Crippen molar-refractivity contribution in [2.45, 2.75) is 30.7 Å². The number of primary amides is 1. The Morgan fingerprint density at radius 3 is 2.55 bits per heavy atom. The van der Waals surface area contributed by atoms with Crippen LogP contribution in [0.3, 0.4) is 0 Å². The summed E-state index contributed by atoms with van der Waals surface area (Å²) in [5.74, 6) is 0.451. The monoisotopic (exact) mass is 440 g/mol. The summed E-state index contributed by atoms with van der Waals surface area (Å²) >= 11 is 0.